The van der Waals surface area contributed by atoms with Crippen molar-refractivity contribution in [3.05, 3.63) is 0 Å². The number of aliphatic hydroxyl groups is 6. The Hall–Kier alpha value is -0.770. The third-order valence-corrected chi connectivity index (χ3v) is 3.16. The number of rotatable bonds is 10. The predicted molar refractivity (Wildman–Crippen MR) is 74.3 cm³/mol. The molecule has 0 bridgehead atoms. The average molecular weight is 309 g/mol. The SMILES string of the molecule is CCCN(CCC)C(=O)C(O)C(O)C(O)C(O)C(O)CO. The average Bonchev–Trinajstić information content (AvgIpc) is 2.50. The van der Waals surface area contributed by atoms with Gasteiger partial charge in [0, 0.05) is 13.1 Å². The van der Waals surface area contributed by atoms with Crippen LogP contribution in [0, 0.1) is 0 Å². The van der Waals surface area contributed by atoms with E-state index in [1.807, 2.05) is 13.8 Å². The first-order chi connectivity index (χ1) is 9.81. The second-order valence-electron chi connectivity index (χ2n) is 4.99. The van der Waals surface area contributed by atoms with Gasteiger partial charge in [-0.3, -0.25) is 4.79 Å². The lowest BCUT2D eigenvalue weighted by molar-refractivity contribution is -0.164. The van der Waals surface area contributed by atoms with Gasteiger partial charge in [-0.25, -0.2) is 0 Å². The van der Waals surface area contributed by atoms with Gasteiger partial charge in [0.15, 0.2) is 6.10 Å². The highest BCUT2D eigenvalue weighted by Gasteiger charge is 2.38. The van der Waals surface area contributed by atoms with Crippen LogP contribution < -0.4 is 0 Å². The quantitative estimate of drug-likeness (QED) is 0.260. The van der Waals surface area contributed by atoms with Crippen molar-refractivity contribution in [2.75, 3.05) is 19.7 Å². The number of carbonyl (C=O) groups excluding carboxylic acids is 1. The van der Waals surface area contributed by atoms with Gasteiger partial charge < -0.3 is 35.5 Å². The van der Waals surface area contributed by atoms with Crippen LogP contribution in [0.15, 0.2) is 0 Å². The van der Waals surface area contributed by atoms with Gasteiger partial charge in [-0.15, -0.1) is 0 Å². The van der Waals surface area contributed by atoms with E-state index >= 15 is 0 Å². The van der Waals surface area contributed by atoms with E-state index in [0.717, 1.165) is 0 Å². The zero-order chi connectivity index (χ0) is 16.6. The maximum Gasteiger partial charge on any atom is 0.254 e. The van der Waals surface area contributed by atoms with E-state index in [-0.39, 0.29) is 0 Å². The Morgan fingerprint density at radius 1 is 0.905 bits per heavy atom. The minimum atomic E-state index is -1.97. The fourth-order valence-corrected chi connectivity index (χ4v) is 1.93. The maximum atomic E-state index is 12.0. The zero-order valence-electron chi connectivity index (χ0n) is 12.5. The molecule has 5 atom stereocenters. The van der Waals surface area contributed by atoms with E-state index in [9.17, 15) is 30.3 Å². The van der Waals surface area contributed by atoms with Crippen molar-refractivity contribution in [3.8, 4) is 0 Å². The van der Waals surface area contributed by atoms with Gasteiger partial charge in [-0.05, 0) is 12.8 Å². The van der Waals surface area contributed by atoms with E-state index in [1.54, 1.807) is 0 Å². The molecule has 0 saturated carbocycles. The number of nitrogens with zero attached hydrogens (tertiary/aromatic N) is 1. The highest BCUT2D eigenvalue weighted by atomic mass is 16.4. The molecule has 0 aromatic rings. The molecule has 0 heterocycles. The summed E-state index contributed by atoms with van der Waals surface area (Å²) < 4.78 is 0. The summed E-state index contributed by atoms with van der Waals surface area (Å²) in [6.07, 6.45) is -8.07. The van der Waals surface area contributed by atoms with Crippen LogP contribution >= 0.6 is 0 Å². The summed E-state index contributed by atoms with van der Waals surface area (Å²) in [6.45, 7) is 3.68. The molecule has 0 aliphatic heterocycles. The van der Waals surface area contributed by atoms with Crippen molar-refractivity contribution in [2.24, 2.45) is 0 Å². The highest BCUT2D eigenvalue weighted by Crippen LogP contribution is 2.11. The van der Waals surface area contributed by atoms with Crippen molar-refractivity contribution in [1.29, 1.82) is 0 Å². The highest BCUT2D eigenvalue weighted by molar-refractivity contribution is 5.81. The largest absolute Gasteiger partial charge is 0.394 e. The van der Waals surface area contributed by atoms with Crippen molar-refractivity contribution in [3.63, 3.8) is 0 Å². The van der Waals surface area contributed by atoms with Gasteiger partial charge in [0.25, 0.3) is 5.91 Å². The van der Waals surface area contributed by atoms with Crippen LogP contribution in [0.5, 0.6) is 0 Å². The fraction of sp³-hybridized carbons (Fsp3) is 0.923. The first-order valence-electron chi connectivity index (χ1n) is 7.11. The molecule has 0 rings (SSSR count). The van der Waals surface area contributed by atoms with Gasteiger partial charge in [0.2, 0.25) is 0 Å². The smallest absolute Gasteiger partial charge is 0.254 e. The van der Waals surface area contributed by atoms with E-state index in [4.69, 9.17) is 5.11 Å². The molecule has 6 N–H and O–H groups in total. The van der Waals surface area contributed by atoms with E-state index in [0.29, 0.717) is 25.9 Å². The van der Waals surface area contributed by atoms with Gasteiger partial charge in [-0.1, -0.05) is 13.8 Å². The third kappa shape index (κ3) is 5.85. The minimum absolute atomic E-state index is 0.397. The number of carbonyl (C=O) groups is 1. The molecule has 0 saturated heterocycles. The van der Waals surface area contributed by atoms with Crippen LogP contribution in [-0.4, -0.2) is 91.7 Å². The predicted octanol–water partition coefficient (Wildman–Crippen LogP) is -2.57. The number of hydrogen-bond donors (Lipinski definition) is 6. The standard InChI is InChI=1S/C13H27NO7/c1-3-5-14(6-4-2)13(21)12(20)11(19)10(18)9(17)8(16)7-15/h8-12,15-20H,3-7H2,1-2H3. The van der Waals surface area contributed by atoms with Gasteiger partial charge in [0.05, 0.1) is 6.61 Å². The molecule has 8 heteroatoms. The lowest BCUT2D eigenvalue weighted by Gasteiger charge is -2.31. The fourth-order valence-electron chi connectivity index (χ4n) is 1.93. The molecule has 0 aliphatic carbocycles. The molecule has 8 nitrogen and oxygen atoms in total. The van der Waals surface area contributed by atoms with E-state index in [1.165, 1.54) is 4.90 Å². The summed E-state index contributed by atoms with van der Waals surface area (Å²) >= 11 is 0. The van der Waals surface area contributed by atoms with Crippen molar-refractivity contribution >= 4 is 5.91 Å². The molecule has 0 aromatic carbocycles. The van der Waals surface area contributed by atoms with Gasteiger partial charge >= 0.3 is 0 Å². The lowest BCUT2D eigenvalue weighted by atomic mass is 9.98. The molecule has 1 amide bonds. The van der Waals surface area contributed by atoms with Crippen molar-refractivity contribution in [1.82, 2.24) is 4.90 Å². The Labute approximate surface area is 124 Å². The second kappa shape index (κ2) is 10.0. The molecular formula is C13H27NO7. The normalized spacial score (nSPS) is 18.7. The van der Waals surface area contributed by atoms with Crippen LogP contribution in [0.1, 0.15) is 26.7 Å². The molecule has 0 aromatic heterocycles. The Bertz CT molecular complexity index is 296. The molecule has 0 fully saturated rings. The van der Waals surface area contributed by atoms with Crippen molar-refractivity contribution in [2.45, 2.75) is 57.2 Å². The second-order valence-corrected chi connectivity index (χ2v) is 4.99. The van der Waals surface area contributed by atoms with Gasteiger partial charge in [-0.2, -0.15) is 0 Å². The zero-order valence-corrected chi connectivity index (χ0v) is 12.5. The number of hydrogen-bond acceptors (Lipinski definition) is 7. The Morgan fingerprint density at radius 3 is 1.76 bits per heavy atom. The Kier molecular flexibility index (Phi) is 9.67. The maximum absolute atomic E-state index is 12.0. The van der Waals surface area contributed by atoms with Crippen LogP contribution in [0.4, 0.5) is 0 Å². The third-order valence-electron chi connectivity index (χ3n) is 3.16. The minimum Gasteiger partial charge on any atom is -0.394 e. The molecule has 0 spiro atoms. The summed E-state index contributed by atoms with van der Waals surface area (Å²) in [5.74, 6) is -0.754. The van der Waals surface area contributed by atoms with Crippen LogP contribution in [-0.2, 0) is 4.79 Å². The van der Waals surface area contributed by atoms with Crippen LogP contribution in [0.2, 0.25) is 0 Å². The molecule has 0 aliphatic rings. The van der Waals surface area contributed by atoms with Crippen molar-refractivity contribution < 1.29 is 35.4 Å². The first kappa shape index (κ1) is 20.2. The molecular weight excluding hydrogens is 282 g/mol. The summed E-state index contributed by atoms with van der Waals surface area (Å²) in [6, 6.07) is 0. The Morgan fingerprint density at radius 2 is 1.38 bits per heavy atom. The summed E-state index contributed by atoms with van der Waals surface area (Å²) in [7, 11) is 0. The number of amides is 1. The van der Waals surface area contributed by atoms with Gasteiger partial charge in [0.1, 0.15) is 24.4 Å². The van der Waals surface area contributed by atoms with E-state index in [2.05, 4.69) is 0 Å². The molecule has 5 unspecified atom stereocenters. The Balaban J connectivity index is 4.79. The van der Waals surface area contributed by atoms with Crippen LogP contribution in [0.3, 0.4) is 0 Å². The summed E-state index contributed by atoms with van der Waals surface area (Å²) in [5, 5.41) is 56.6. The topological polar surface area (TPSA) is 142 Å². The summed E-state index contributed by atoms with van der Waals surface area (Å²) in [4.78, 5) is 13.4. The summed E-state index contributed by atoms with van der Waals surface area (Å²) in [5.41, 5.74) is 0. The van der Waals surface area contributed by atoms with Crippen LogP contribution in [0.25, 0.3) is 0 Å². The lowest BCUT2D eigenvalue weighted by Crippen LogP contribution is -2.54. The first-order valence-corrected chi connectivity index (χ1v) is 7.11. The molecule has 0 radical (unpaired) electrons. The monoisotopic (exact) mass is 309 g/mol. The van der Waals surface area contributed by atoms with E-state index < -0.39 is 43.0 Å². The molecule has 21 heavy (non-hydrogen) atoms. The molecule has 126 valence electrons. The number of aliphatic hydroxyl groups excluding tert-OH is 6.